The molecule has 1 aliphatic rings. The molecular formula is C29H28N2O4S2. The van der Waals surface area contributed by atoms with E-state index >= 15 is 0 Å². The van der Waals surface area contributed by atoms with Crippen molar-refractivity contribution in [3.05, 3.63) is 101 Å². The summed E-state index contributed by atoms with van der Waals surface area (Å²) in [6.45, 7) is 4.30. The minimum Gasteiger partial charge on any atom is -0.497 e. The lowest BCUT2D eigenvalue weighted by Gasteiger charge is -2.14. The number of thiazole rings is 1. The lowest BCUT2D eigenvalue weighted by molar-refractivity contribution is -0.111. The molecule has 0 saturated carbocycles. The first kappa shape index (κ1) is 26.3. The van der Waals surface area contributed by atoms with Crippen molar-refractivity contribution < 1.29 is 17.9 Å². The molecule has 2 aromatic carbocycles. The number of nitrogens with one attached hydrogen (secondary N) is 1. The topological polar surface area (TPSA) is 85.4 Å². The highest BCUT2D eigenvalue weighted by Gasteiger charge is 2.16. The van der Waals surface area contributed by atoms with E-state index < -0.39 is 16.2 Å². The minimum absolute atomic E-state index is 0.233. The molecular weight excluding hydrogens is 504 g/mol. The summed E-state index contributed by atoms with van der Waals surface area (Å²) in [6.07, 6.45) is 8.97. The van der Waals surface area contributed by atoms with Crippen LogP contribution in [0.2, 0.25) is 0 Å². The Morgan fingerprint density at radius 1 is 1.14 bits per heavy atom. The van der Waals surface area contributed by atoms with Crippen molar-refractivity contribution in [3.63, 3.8) is 0 Å². The first-order chi connectivity index (χ1) is 17.8. The first-order valence-corrected chi connectivity index (χ1v) is 13.8. The number of hydrogen-bond donors (Lipinski definition) is 1. The van der Waals surface area contributed by atoms with Crippen LogP contribution < -0.4 is 10.1 Å². The highest BCUT2D eigenvalue weighted by atomic mass is 32.2. The van der Waals surface area contributed by atoms with Crippen LogP contribution in [-0.4, -0.2) is 31.3 Å². The van der Waals surface area contributed by atoms with Gasteiger partial charge in [-0.25, -0.2) is 4.98 Å². The summed E-state index contributed by atoms with van der Waals surface area (Å²) in [5.41, 5.74) is 4.94. The number of rotatable bonds is 8. The molecule has 190 valence electrons. The molecule has 1 aromatic heterocycles. The molecule has 1 amide bonds. The standard InChI is InChI=1S/C29H28N2O4S2/c1-19(2)22-7-4-20(5-8-22)16-21-6-9-24(27(17-21)37(33)34)12-15-28(32)31-29-30-26(18-36-29)23-10-13-25(35-3)14-11-23/h4-15,17-19,24H,16H2,1-3H3,(H,30,31,32)/b15-12+. The van der Waals surface area contributed by atoms with Crippen molar-refractivity contribution >= 4 is 37.5 Å². The second kappa shape index (κ2) is 12.0. The summed E-state index contributed by atoms with van der Waals surface area (Å²) in [7, 11) is -0.796. The summed E-state index contributed by atoms with van der Waals surface area (Å²) in [4.78, 5) is 17.2. The smallest absolute Gasteiger partial charge is 0.249 e. The van der Waals surface area contributed by atoms with Crippen molar-refractivity contribution in [2.45, 2.75) is 26.2 Å². The Morgan fingerprint density at radius 3 is 2.51 bits per heavy atom. The van der Waals surface area contributed by atoms with Crippen LogP contribution in [0.1, 0.15) is 30.9 Å². The Labute approximate surface area is 222 Å². The molecule has 0 radical (unpaired) electrons. The van der Waals surface area contributed by atoms with Gasteiger partial charge in [-0.1, -0.05) is 56.3 Å². The number of allylic oxidation sites excluding steroid dienone is 5. The number of anilines is 1. The number of nitrogens with zero attached hydrogens (tertiary/aromatic N) is 1. The normalized spacial score (nSPS) is 15.2. The molecule has 1 aliphatic carbocycles. The van der Waals surface area contributed by atoms with Gasteiger partial charge in [-0.3, -0.25) is 10.1 Å². The number of methoxy groups -OCH3 is 1. The minimum atomic E-state index is -2.41. The van der Waals surface area contributed by atoms with Crippen molar-refractivity contribution in [3.8, 4) is 17.0 Å². The largest absolute Gasteiger partial charge is 0.497 e. The molecule has 37 heavy (non-hydrogen) atoms. The molecule has 8 heteroatoms. The summed E-state index contributed by atoms with van der Waals surface area (Å²) in [5, 5.41) is 5.07. The van der Waals surface area contributed by atoms with Crippen LogP contribution in [0.15, 0.2) is 89.9 Å². The van der Waals surface area contributed by atoms with Crippen molar-refractivity contribution in [1.29, 1.82) is 0 Å². The van der Waals surface area contributed by atoms with Gasteiger partial charge in [0.1, 0.15) is 5.75 Å². The summed E-state index contributed by atoms with van der Waals surface area (Å²) >= 11 is 1.32. The van der Waals surface area contributed by atoms with Crippen LogP contribution in [0.25, 0.3) is 11.3 Å². The number of carbonyl (C=O) groups is 1. The monoisotopic (exact) mass is 532 g/mol. The van der Waals surface area contributed by atoms with Crippen LogP contribution >= 0.6 is 11.3 Å². The van der Waals surface area contributed by atoms with Gasteiger partial charge in [0.15, 0.2) is 5.13 Å². The molecule has 6 nitrogen and oxygen atoms in total. The van der Waals surface area contributed by atoms with E-state index in [0.717, 1.165) is 28.1 Å². The maximum absolute atomic E-state index is 12.5. The maximum atomic E-state index is 12.5. The van der Waals surface area contributed by atoms with Gasteiger partial charge >= 0.3 is 0 Å². The second-order valence-electron chi connectivity index (χ2n) is 8.93. The van der Waals surface area contributed by atoms with E-state index in [1.54, 1.807) is 25.3 Å². The van der Waals surface area contributed by atoms with Gasteiger partial charge < -0.3 is 4.74 Å². The quantitative estimate of drug-likeness (QED) is 0.291. The molecule has 1 unspecified atom stereocenters. The maximum Gasteiger partial charge on any atom is 0.249 e. The zero-order valence-corrected chi connectivity index (χ0v) is 22.5. The lowest BCUT2D eigenvalue weighted by atomic mass is 9.92. The Hall–Kier alpha value is -3.75. The van der Waals surface area contributed by atoms with Gasteiger partial charge in [-0.05, 0) is 59.4 Å². The van der Waals surface area contributed by atoms with E-state index in [-0.39, 0.29) is 10.8 Å². The zero-order chi connectivity index (χ0) is 26.4. The zero-order valence-electron chi connectivity index (χ0n) is 20.8. The number of hydrogen-bond acceptors (Lipinski definition) is 6. The summed E-state index contributed by atoms with van der Waals surface area (Å²) < 4.78 is 29.0. The first-order valence-electron chi connectivity index (χ1n) is 11.8. The van der Waals surface area contributed by atoms with Crippen molar-refractivity contribution in [2.24, 2.45) is 5.92 Å². The highest BCUT2D eigenvalue weighted by molar-refractivity contribution is 7.73. The van der Waals surface area contributed by atoms with E-state index in [1.807, 2.05) is 35.7 Å². The average Bonchev–Trinajstić information content (AvgIpc) is 3.36. The third-order valence-corrected chi connectivity index (χ3v) is 7.53. The van der Waals surface area contributed by atoms with Gasteiger partial charge in [0.25, 0.3) is 0 Å². The Bertz CT molecular complexity index is 1490. The number of benzene rings is 2. The van der Waals surface area contributed by atoms with E-state index in [1.165, 1.54) is 23.0 Å². The van der Waals surface area contributed by atoms with Gasteiger partial charge in [0, 0.05) is 22.9 Å². The lowest BCUT2D eigenvalue weighted by Crippen LogP contribution is -2.15. The number of ether oxygens (including phenoxy) is 1. The summed E-state index contributed by atoms with van der Waals surface area (Å²) in [6, 6.07) is 15.9. The van der Waals surface area contributed by atoms with Crippen LogP contribution in [-0.2, 0) is 21.5 Å². The fourth-order valence-electron chi connectivity index (χ4n) is 3.90. The molecule has 0 fully saturated rings. The molecule has 0 saturated heterocycles. The third-order valence-electron chi connectivity index (χ3n) is 6.00. The molecule has 1 N–H and O–H groups in total. The van der Waals surface area contributed by atoms with Gasteiger partial charge in [0.2, 0.25) is 16.2 Å². The van der Waals surface area contributed by atoms with E-state index in [2.05, 4.69) is 48.4 Å². The molecule has 3 aromatic rings. The van der Waals surface area contributed by atoms with Crippen molar-refractivity contribution in [1.82, 2.24) is 4.98 Å². The molecule has 0 spiro atoms. The fourth-order valence-corrected chi connectivity index (χ4v) is 5.25. The predicted octanol–water partition coefficient (Wildman–Crippen LogP) is 5.84. The fraction of sp³-hybridized carbons (Fsp3) is 0.207. The number of amides is 1. The van der Waals surface area contributed by atoms with Gasteiger partial charge in [-0.2, -0.15) is 8.42 Å². The number of carbonyl (C=O) groups excluding carboxylic acids is 1. The van der Waals surface area contributed by atoms with Crippen LogP contribution in [0.3, 0.4) is 0 Å². The Morgan fingerprint density at radius 2 is 1.86 bits per heavy atom. The highest BCUT2D eigenvalue weighted by Crippen LogP contribution is 2.27. The molecule has 1 heterocycles. The molecule has 0 aliphatic heterocycles. The van der Waals surface area contributed by atoms with Crippen LogP contribution in [0, 0.1) is 5.92 Å². The summed E-state index contributed by atoms with van der Waals surface area (Å²) in [5.74, 6) is 0.329. The second-order valence-corrected chi connectivity index (χ2v) is 10.7. The van der Waals surface area contributed by atoms with E-state index in [0.29, 0.717) is 17.5 Å². The van der Waals surface area contributed by atoms with E-state index in [9.17, 15) is 13.2 Å². The van der Waals surface area contributed by atoms with Gasteiger partial charge in [-0.15, -0.1) is 11.3 Å². The Balaban J connectivity index is 1.39. The van der Waals surface area contributed by atoms with Crippen LogP contribution in [0.5, 0.6) is 5.75 Å². The SMILES string of the molecule is COc1ccc(-c2csc(NC(=O)/C=C/C3C=CC(Cc4ccc(C(C)C)cc4)=CC3=S(=O)=O)n2)cc1. The predicted molar refractivity (Wildman–Crippen MR) is 151 cm³/mol. The van der Waals surface area contributed by atoms with Crippen molar-refractivity contribution in [2.75, 3.05) is 12.4 Å². The van der Waals surface area contributed by atoms with Gasteiger partial charge in [0.05, 0.1) is 17.7 Å². The molecule has 1 atom stereocenters. The molecule has 4 rings (SSSR count). The van der Waals surface area contributed by atoms with E-state index in [4.69, 9.17) is 4.74 Å². The Kier molecular flexibility index (Phi) is 8.53. The third kappa shape index (κ3) is 6.93. The number of aromatic nitrogens is 1. The van der Waals surface area contributed by atoms with Crippen LogP contribution in [0.4, 0.5) is 5.13 Å². The average molecular weight is 533 g/mol. The molecule has 0 bridgehead atoms.